The number of rotatable bonds is 13. The summed E-state index contributed by atoms with van der Waals surface area (Å²) in [5, 5.41) is 3.41. The van der Waals surface area contributed by atoms with Gasteiger partial charge in [0, 0.05) is 30.3 Å². The molecule has 1 aromatic rings. The van der Waals surface area contributed by atoms with Crippen molar-refractivity contribution < 1.29 is 9.47 Å². The van der Waals surface area contributed by atoms with Gasteiger partial charge in [0.25, 0.3) is 0 Å². The Morgan fingerprint density at radius 1 is 1.35 bits per heavy atom. The third kappa shape index (κ3) is 8.76. The second kappa shape index (κ2) is 13.9. The Labute approximate surface area is 188 Å². The van der Waals surface area contributed by atoms with Crippen LogP contribution in [0.3, 0.4) is 0 Å². The molecule has 3 N–H and O–H groups in total. The van der Waals surface area contributed by atoms with Gasteiger partial charge in [-0.05, 0) is 74.6 Å². The lowest BCUT2D eigenvalue weighted by Gasteiger charge is -2.24. The Balaban J connectivity index is 2.09. The standard InChI is InChI=1S/C27H40N2O2/c1-5-7-14-29-15-17-31-25(6-2)19-23(24-9-8-16-30-20-24)12-11-22(4)26-18-21(3)10-13-27(26)28/h6,10,12-13,18-19,24,29H,2,4-5,7-9,11,14-17,20,28H2,1,3H3/b23-12+,25-19+. The number of allylic oxidation sites excluding steroid dienone is 4. The van der Waals surface area contributed by atoms with E-state index in [9.17, 15) is 0 Å². The number of ether oxygens (including phenoxy) is 2. The first-order chi connectivity index (χ1) is 15.0. The van der Waals surface area contributed by atoms with Crippen LogP contribution in [0.4, 0.5) is 5.69 Å². The number of benzene rings is 1. The number of nitrogen functional groups attached to an aromatic ring is 1. The smallest absolute Gasteiger partial charge is 0.119 e. The molecule has 0 radical (unpaired) electrons. The minimum Gasteiger partial charge on any atom is -0.492 e. The van der Waals surface area contributed by atoms with Gasteiger partial charge in [0.05, 0.1) is 6.61 Å². The maximum Gasteiger partial charge on any atom is 0.119 e. The van der Waals surface area contributed by atoms with Crippen molar-refractivity contribution in [1.82, 2.24) is 5.32 Å². The average molecular weight is 425 g/mol. The molecule has 4 heteroatoms. The average Bonchev–Trinajstić information content (AvgIpc) is 2.79. The van der Waals surface area contributed by atoms with Crippen LogP contribution in [-0.4, -0.2) is 32.9 Å². The second-order valence-corrected chi connectivity index (χ2v) is 8.22. The predicted molar refractivity (Wildman–Crippen MR) is 133 cm³/mol. The summed E-state index contributed by atoms with van der Waals surface area (Å²) in [6.07, 6.45) is 11.5. The molecule has 1 aliphatic heterocycles. The quantitative estimate of drug-likeness (QED) is 0.182. The summed E-state index contributed by atoms with van der Waals surface area (Å²) in [4.78, 5) is 0. The van der Waals surface area contributed by atoms with E-state index in [1.54, 1.807) is 6.08 Å². The maximum absolute atomic E-state index is 6.19. The fraction of sp³-hybridized carbons (Fsp3) is 0.481. The van der Waals surface area contributed by atoms with Gasteiger partial charge in [0.1, 0.15) is 12.4 Å². The zero-order chi connectivity index (χ0) is 22.5. The molecule has 31 heavy (non-hydrogen) atoms. The van der Waals surface area contributed by atoms with Gasteiger partial charge in [-0.2, -0.15) is 0 Å². The van der Waals surface area contributed by atoms with Crippen molar-refractivity contribution in [3.63, 3.8) is 0 Å². The van der Waals surface area contributed by atoms with E-state index in [1.807, 2.05) is 12.1 Å². The van der Waals surface area contributed by atoms with Crippen LogP contribution in [0.15, 0.2) is 60.9 Å². The van der Waals surface area contributed by atoms with Gasteiger partial charge < -0.3 is 20.5 Å². The normalized spacial score (nSPS) is 17.4. The Kier molecular flexibility index (Phi) is 11.2. The Morgan fingerprint density at radius 2 is 2.19 bits per heavy atom. The molecule has 1 atom stereocenters. The lowest BCUT2D eigenvalue weighted by molar-refractivity contribution is 0.0681. The highest BCUT2D eigenvalue weighted by molar-refractivity contribution is 5.75. The van der Waals surface area contributed by atoms with Crippen molar-refractivity contribution in [3.8, 4) is 0 Å². The highest BCUT2D eigenvalue weighted by Crippen LogP contribution is 2.29. The fourth-order valence-electron chi connectivity index (χ4n) is 3.67. The summed E-state index contributed by atoms with van der Waals surface area (Å²) in [7, 11) is 0. The number of nitrogens with one attached hydrogen (secondary N) is 1. The zero-order valence-electron chi connectivity index (χ0n) is 19.4. The van der Waals surface area contributed by atoms with Crippen molar-refractivity contribution in [2.24, 2.45) is 5.92 Å². The second-order valence-electron chi connectivity index (χ2n) is 8.22. The molecular formula is C27H40N2O2. The van der Waals surface area contributed by atoms with Gasteiger partial charge in [0.15, 0.2) is 0 Å². The van der Waals surface area contributed by atoms with Gasteiger partial charge in [-0.3, -0.25) is 0 Å². The van der Waals surface area contributed by atoms with E-state index in [2.05, 4.69) is 50.5 Å². The van der Waals surface area contributed by atoms with Crippen molar-refractivity contribution >= 4 is 11.3 Å². The molecule has 1 aliphatic rings. The number of nitrogens with two attached hydrogens (primary N) is 1. The number of aryl methyl sites for hydroxylation is 1. The number of unbranched alkanes of at least 4 members (excludes halogenated alkanes) is 1. The highest BCUT2D eigenvalue weighted by Gasteiger charge is 2.18. The molecule has 2 rings (SSSR count). The van der Waals surface area contributed by atoms with Crippen LogP contribution in [0.5, 0.6) is 0 Å². The minimum absolute atomic E-state index is 0.359. The molecule has 0 aromatic heterocycles. The first-order valence-corrected chi connectivity index (χ1v) is 11.5. The first-order valence-electron chi connectivity index (χ1n) is 11.5. The van der Waals surface area contributed by atoms with Crippen molar-refractivity contribution in [1.29, 1.82) is 0 Å². The number of hydrogen-bond donors (Lipinski definition) is 2. The maximum atomic E-state index is 6.19. The molecule has 1 aromatic carbocycles. The van der Waals surface area contributed by atoms with Crippen LogP contribution < -0.4 is 11.1 Å². The summed E-state index contributed by atoms with van der Waals surface area (Å²) >= 11 is 0. The molecular weight excluding hydrogens is 384 g/mol. The topological polar surface area (TPSA) is 56.5 Å². The largest absolute Gasteiger partial charge is 0.492 e. The molecule has 0 aliphatic carbocycles. The first kappa shape index (κ1) is 25.0. The minimum atomic E-state index is 0.359. The SMILES string of the molecule is C=C/C(=C\C(=C/CC(=C)c1cc(C)ccc1N)C1CCCOC1)OCCNCCCC. The van der Waals surface area contributed by atoms with Gasteiger partial charge in [-0.25, -0.2) is 0 Å². The Bertz CT molecular complexity index is 773. The summed E-state index contributed by atoms with van der Waals surface area (Å²) < 4.78 is 11.7. The van der Waals surface area contributed by atoms with E-state index in [1.165, 1.54) is 24.0 Å². The summed E-state index contributed by atoms with van der Waals surface area (Å²) in [5.41, 5.74) is 11.4. The van der Waals surface area contributed by atoms with E-state index in [0.717, 1.165) is 68.1 Å². The van der Waals surface area contributed by atoms with Crippen LogP contribution in [0.2, 0.25) is 0 Å². The molecule has 0 bridgehead atoms. The number of anilines is 1. The molecule has 1 fully saturated rings. The van der Waals surface area contributed by atoms with Gasteiger partial charge in [0.2, 0.25) is 0 Å². The summed E-state index contributed by atoms with van der Waals surface area (Å²) in [6, 6.07) is 6.09. The highest BCUT2D eigenvalue weighted by atomic mass is 16.5. The van der Waals surface area contributed by atoms with Gasteiger partial charge in [-0.15, -0.1) is 0 Å². The monoisotopic (exact) mass is 424 g/mol. The van der Waals surface area contributed by atoms with Crippen molar-refractivity contribution in [3.05, 3.63) is 72.0 Å². The molecule has 0 amide bonds. The van der Waals surface area contributed by atoms with Gasteiger partial charge >= 0.3 is 0 Å². The summed E-state index contributed by atoms with van der Waals surface area (Å²) in [6.45, 7) is 16.6. The lowest BCUT2D eigenvalue weighted by atomic mass is 9.90. The molecule has 0 spiro atoms. The van der Waals surface area contributed by atoms with Crippen LogP contribution in [-0.2, 0) is 9.47 Å². The van der Waals surface area contributed by atoms with E-state index in [0.29, 0.717) is 12.5 Å². The fourth-order valence-corrected chi connectivity index (χ4v) is 3.67. The predicted octanol–water partition coefficient (Wildman–Crippen LogP) is 5.81. The summed E-state index contributed by atoms with van der Waals surface area (Å²) in [5.74, 6) is 1.16. The molecule has 4 nitrogen and oxygen atoms in total. The lowest BCUT2D eigenvalue weighted by Crippen LogP contribution is -2.21. The molecule has 0 saturated carbocycles. The third-order valence-corrected chi connectivity index (χ3v) is 5.57. The molecule has 170 valence electrons. The van der Waals surface area contributed by atoms with Crippen LogP contribution in [0.1, 0.15) is 50.2 Å². The van der Waals surface area contributed by atoms with E-state index in [4.69, 9.17) is 15.2 Å². The van der Waals surface area contributed by atoms with E-state index < -0.39 is 0 Å². The van der Waals surface area contributed by atoms with Crippen molar-refractivity contribution in [2.45, 2.75) is 46.0 Å². The van der Waals surface area contributed by atoms with Crippen LogP contribution in [0, 0.1) is 12.8 Å². The number of hydrogen-bond acceptors (Lipinski definition) is 4. The van der Waals surface area contributed by atoms with E-state index in [-0.39, 0.29) is 0 Å². The molecule has 1 unspecified atom stereocenters. The van der Waals surface area contributed by atoms with Gasteiger partial charge in [-0.1, -0.05) is 44.2 Å². The molecule has 1 heterocycles. The Morgan fingerprint density at radius 3 is 2.90 bits per heavy atom. The van der Waals surface area contributed by atoms with Crippen LogP contribution in [0.25, 0.3) is 5.57 Å². The van der Waals surface area contributed by atoms with Crippen LogP contribution >= 0.6 is 0 Å². The molecule has 1 saturated heterocycles. The van der Waals surface area contributed by atoms with Crippen molar-refractivity contribution in [2.75, 3.05) is 38.6 Å². The zero-order valence-corrected chi connectivity index (χ0v) is 19.4. The Hall–Kier alpha value is -2.30. The van der Waals surface area contributed by atoms with E-state index >= 15 is 0 Å². The third-order valence-electron chi connectivity index (χ3n) is 5.57.